The van der Waals surface area contributed by atoms with E-state index in [-0.39, 0.29) is 17.4 Å². The van der Waals surface area contributed by atoms with Gasteiger partial charge in [-0.05, 0) is 49.1 Å². The summed E-state index contributed by atoms with van der Waals surface area (Å²) < 4.78 is 25.8. The molecule has 2 unspecified atom stereocenters. The number of fused-ring (bicyclic) bond motifs is 1. The second-order valence-corrected chi connectivity index (χ2v) is 7.26. The van der Waals surface area contributed by atoms with Gasteiger partial charge in [-0.2, -0.15) is 0 Å². The van der Waals surface area contributed by atoms with Gasteiger partial charge in [-0.25, -0.2) is 9.37 Å². The molecule has 0 saturated carbocycles. The third-order valence-corrected chi connectivity index (χ3v) is 5.44. The second kappa shape index (κ2) is 7.68. The molecule has 2 aromatic heterocycles. The number of likely N-dealkylation sites (tertiary alicyclic amines) is 1. The lowest BCUT2D eigenvalue weighted by Gasteiger charge is -2.50. The van der Waals surface area contributed by atoms with Gasteiger partial charge in [-0.1, -0.05) is 0 Å². The van der Waals surface area contributed by atoms with Crippen LogP contribution in [0.2, 0.25) is 0 Å². The summed E-state index contributed by atoms with van der Waals surface area (Å²) in [6.07, 6.45) is 8.38. The maximum atomic E-state index is 13.9. The summed E-state index contributed by atoms with van der Waals surface area (Å²) in [6.45, 7) is 3.99. The Bertz CT molecular complexity index is 730. The SMILES string of the molecule is Fc1cccnc1OCC12CCCOC1CCN(Cc1ccncc1)C2. The molecule has 0 bridgehead atoms. The first-order chi connectivity index (χ1) is 12.8. The first-order valence-corrected chi connectivity index (χ1v) is 9.21. The maximum absolute atomic E-state index is 13.9. The van der Waals surface area contributed by atoms with Gasteiger partial charge < -0.3 is 9.47 Å². The standard InChI is InChI=1S/C20H24FN3O2/c21-17-3-1-8-23-19(17)26-15-20-7-2-12-25-18(20)6-11-24(14-20)13-16-4-9-22-10-5-16/h1,3-5,8-10,18H,2,6-7,11-15H2. The lowest BCUT2D eigenvalue weighted by Crippen LogP contribution is -2.57. The quantitative estimate of drug-likeness (QED) is 0.823. The first kappa shape index (κ1) is 17.4. The summed E-state index contributed by atoms with van der Waals surface area (Å²) >= 11 is 0. The number of piperidine rings is 1. The molecule has 2 saturated heterocycles. The van der Waals surface area contributed by atoms with Crippen LogP contribution in [-0.2, 0) is 11.3 Å². The van der Waals surface area contributed by atoms with Crippen LogP contribution in [0.4, 0.5) is 4.39 Å². The average Bonchev–Trinajstić information content (AvgIpc) is 2.68. The van der Waals surface area contributed by atoms with E-state index in [4.69, 9.17) is 9.47 Å². The average molecular weight is 357 g/mol. The van der Waals surface area contributed by atoms with Gasteiger partial charge in [-0.3, -0.25) is 9.88 Å². The smallest absolute Gasteiger partial charge is 0.250 e. The molecule has 138 valence electrons. The topological polar surface area (TPSA) is 47.5 Å². The molecule has 2 aliphatic rings. The minimum Gasteiger partial charge on any atom is -0.475 e. The van der Waals surface area contributed by atoms with Crippen molar-refractivity contribution in [3.05, 3.63) is 54.2 Å². The van der Waals surface area contributed by atoms with E-state index in [1.54, 1.807) is 12.3 Å². The Kier molecular flexibility index (Phi) is 5.13. The van der Waals surface area contributed by atoms with Crippen LogP contribution < -0.4 is 4.74 Å². The number of hydrogen-bond acceptors (Lipinski definition) is 5. The molecule has 6 heteroatoms. The van der Waals surface area contributed by atoms with E-state index >= 15 is 0 Å². The van der Waals surface area contributed by atoms with E-state index in [1.807, 2.05) is 12.4 Å². The fourth-order valence-electron chi connectivity index (χ4n) is 4.16. The fraction of sp³-hybridized carbons (Fsp3) is 0.500. The predicted molar refractivity (Wildman–Crippen MR) is 95.2 cm³/mol. The number of aromatic nitrogens is 2. The number of ether oxygens (including phenoxy) is 2. The van der Waals surface area contributed by atoms with Gasteiger partial charge in [-0.15, -0.1) is 0 Å². The van der Waals surface area contributed by atoms with Crippen LogP contribution in [0.1, 0.15) is 24.8 Å². The van der Waals surface area contributed by atoms with Crippen molar-refractivity contribution in [2.75, 3.05) is 26.3 Å². The predicted octanol–water partition coefficient (Wildman–Crippen LogP) is 3.07. The van der Waals surface area contributed by atoms with Crippen LogP contribution in [-0.4, -0.2) is 47.3 Å². The van der Waals surface area contributed by atoms with Gasteiger partial charge in [0.25, 0.3) is 0 Å². The number of hydrogen-bond donors (Lipinski definition) is 0. The highest BCUT2D eigenvalue weighted by Crippen LogP contribution is 2.41. The van der Waals surface area contributed by atoms with Gasteiger partial charge in [0.1, 0.15) is 0 Å². The van der Waals surface area contributed by atoms with Crippen LogP contribution in [0.5, 0.6) is 5.88 Å². The van der Waals surface area contributed by atoms with Crippen molar-refractivity contribution < 1.29 is 13.9 Å². The van der Waals surface area contributed by atoms with Crippen LogP contribution in [0.3, 0.4) is 0 Å². The molecule has 0 N–H and O–H groups in total. The van der Waals surface area contributed by atoms with Crippen molar-refractivity contribution in [2.24, 2.45) is 5.41 Å². The molecule has 2 atom stereocenters. The van der Waals surface area contributed by atoms with Gasteiger partial charge in [0.15, 0.2) is 5.82 Å². The molecule has 0 aromatic carbocycles. The van der Waals surface area contributed by atoms with E-state index in [0.29, 0.717) is 6.61 Å². The van der Waals surface area contributed by atoms with E-state index < -0.39 is 5.82 Å². The summed E-state index contributed by atoms with van der Waals surface area (Å²) in [5.74, 6) is -0.334. The molecule has 2 aliphatic heterocycles. The molecule has 0 spiro atoms. The molecular weight excluding hydrogens is 333 g/mol. The highest BCUT2D eigenvalue weighted by molar-refractivity contribution is 5.14. The largest absolute Gasteiger partial charge is 0.475 e. The van der Waals surface area contributed by atoms with Crippen molar-refractivity contribution in [1.82, 2.24) is 14.9 Å². The van der Waals surface area contributed by atoms with Crippen LogP contribution >= 0.6 is 0 Å². The highest BCUT2D eigenvalue weighted by atomic mass is 19.1. The number of rotatable bonds is 5. The van der Waals surface area contributed by atoms with Crippen molar-refractivity contribution in [2.45, 2.75) is 31.9 Å². The van der Waals surface area contributed by atoms with E-state index in [1.165, 1.54) is 11.6 Å². The Morgan fingerprint density at radius 2 is 2.15 bits per heavy atom. The summed E-state index contributed by atoms with van der Waals surface area (Å²) in [5.41, 5.74) is 1.13. The third-order valence-electron chi connectivity index (χ3n) is 5.44. The van der Waals surface area contributed by atoms with Gasteiger partial charge in [0.2, 0.25) is 5.88 Å². The molecule has 2 fully saturated rings. The van der Waals surface area contributed by atoms with Crippen LogP contribution in [0, 0.1) is 11.2 Å². The van der Waals surface area contributed by atoms with Crippen LogP contribution in [0.15, 0.2) is 42.9 Å². The summed E-state index contributed by atoms with van der Waals surface area (Å²) in [5, 5.41) is 0. The summed E-state index contributed by atoms with van der Waals surface area (Å²) in [4.78, 5) is 10.6. The summed E-state index contributed by atoms with van der Waals surface area (Å²) in [6, 6.07) is 7.06. The molecular formula is C20H24FN3O2. The Hall–Kier alpha value is -2.05. The van der Waals surface area contributed by atoms with Crippen LogP contribution in [0.25, 0.3) is 0 Å². The van der Waals surface area contributed by atoms with E-state index in [0.717, 1.165) is 45.5 Å². The molecule has 26 heavy (non-hydrogen) atoms. The fourth-order valence-corrected chi connectivity index (χ4v) is 4.16. The van der Waals surface area contributed by atoms with Crippen molar-refractivity contribution in [3.63, 3.8) is 0 Å². The Labute approximate surface area is 153 Å². The number of nitrogens with zero attached hydrogens (tertiary/aromatic N) is 3. The second-order valence-electron chi connectivity index (χ2n) is 7.26. The van der Waals surface area contributed by atoms with E-state index in [9.17, 15) is 4.39 Å². The van der Waals surface area contributed by atoms with Crippen molar-refractivity contribution in [1.29, 1.82) is 0 Å². The zero-order valence-corrected chi connectivity index (χ0v) is 14.8. The van der Waals surface area contributed by atoms with Gasteiger partial charge in [0, 0.05) is 50.2 Å². The Morgan fingerprint density at radius 3 is 3.00 bits per heavy atom. The monoisotopic (exact) mass is 357 g/mol. The maximum Gasteiger partial charge on any atom is 0.250 e. The molecule has 5 nitrogen and oxygen atoms in total. The number of pyridine rings is 2. The highest BCUT2D eigenvalue weighted by Gasteiger charge is 2.46. The molecule has 2 aromatic rings. The summed E-state index contributed by atoms with van der Waals surface area (Å²) in [7, 11) is 0. The zero-order valence-electron chi connectivity index (χ0n) is 14.8. The normalized spacial score (nSPS) is 26.3. The molecule has 0 radical (unpaired) electrons. The van der Waals surface area contributed by atoms with Crippen molar-refractivity contribution in [3.8, 4) is 5.88 Å². The van der Waals surface area contributed by atoms with Gasteiger partial charge >= 0.3 is 0 Å². The molecule has 4 rings (SSSR count). The van der Waals surface area contributed by atoms with Gasteiger partial charge in [0.05, 0.1) is 12.7 Å². The van der Waals surface area contributed by atoms with E-state index in [2.05, 4.69) is 27.0 Å². The Morgan fingerprint density at radius 1 is 1.27 bits per heavy atom. The first-order valence-electron chi connectivity index (χ1n) is 9.21. The lowest BCUT2D eigenvalue weighted by atomic mass is 9.73. The lowest BCUT2D eigenvalue weighted by molar-refractivity contribution is -0.141. The third kappa shape index (κ3) is 3.71. The van der Waals surface area contributed by atoms with Crippen molar-refractivity contribution >= 4 is 0 Å². The molecule has 4 heterocycles. The molecule has 0 aliphatic carbocycles. The minimum atomic E-state index is -0.415. The zero-order chi connectivity index (χ0) is 17.8. The minimum absolute atomic E-state index is 0.0810. The molecule has 0 amide bonds. The Balaban J connectivity index is 1.48. The number of halogens is 1.